The first kappa shape index (κ1) is 14.7. The summed E-state index contributed by atoms with van der Waals surface area (Å²) in [6.07, 6.45) is 4.35. The highest BCUT2D eigenvalue weighted by Crippen LogP contribution is 2.26. The number of carbonyl (C=O) groups is 1. The topological polar surface area (TPSA) is 77.0 Å². The van der Waals surface area contributed by atoms with Crippen molar-refractivity contribution in [1.29, 1.82) is 0 Å². The summed E-state index contributed by atoms with van der Waals surface area (Å²) in [5, 5.41) is 8.12. The highest BCUT2D eigenvalue weighted by molar-refractivity contribution is 5.92. The average Bonchev–Trinajstić information content (AvgIpc) is 3.23. The van der Waals surface area contributed by atoms with Crippen LogP contribution in [0.5, 0.6) is 0 Å². The monoisotopic (exact) mass is 303 g/mol. The summed E-state index contributed by atoms with van der Waals surface area (Å²) < 4.78 is 7.07. The number of nitrogens with zero attached hydrogens (tertiary/aromatic N) is 5. The fourth-order valence-electron chi connectivity index (χ4n) is 2.87. The van der Waals surface area contributed by atoms with E-state index in [0.717, 1.165) is 31.6 Å². The lowest BCUT2D eigenvalue weighted by molar-refractivity contribution is 0.0683. The van der Waals surface area contributed by atoms with Gasteiger partial charge in [0.15, 0.2) is 5.82 Å². The molecular weight excluding hydrogens is 282 g/mol. The normalized spacial score (nSPS) is 18.6. The summed E-state index contributed by atoms with van der Waals surface area (Å²) in [5.41, 5.74) is 0.642. The van der Waals surface area contributed by atoms with Gasteiger partial charge in [-0.25, -0.2) is 0 Å². The Kier molecular flexibility index (Phi) is 4.22. The first-order valence-electron chi connectivity index (χ1n) is 7.86. The summed E-state index contributed by atoms with van der Waals surface area (Å²) in [7, 11) is 0. The Balaban J connectivity index is 1.74. The standard InChI is InChI=1S/C15H21N5O2/c1-3-13-17-14(22-18-13)11-6-5-9-19(10-11)15(21)12-7-8-16-20(12)4-2/h7-8,11H,3-6,9-10H2,1-2H3/t11-/m1/s1. The Morgan fingerprint density at radius 1 is 1.45 bits per heavy atom. The summed E-state index contributed by atoms with van der Waals surface area (Å²) in [6.45, 7) is 6.05. The van der Waals surface area contributed by atoms with Crippen LogP contribution in [0.25, 0.3) is 0 Å². The molecule has 3 rings (SSSR count). The number of aryl methyl sites for hydroxylation is 2. The van der Waals surface area contributed by atoms with Gasteiger partial charge in [-0.15, -0.1) is 0 Å². The zero-order chi connectivity index (χ0) is 15.5. The lowest BCUT2D eigenvalue weighted by atomic mass is 9.97. The molecule has 118 valence electrons. The van der Waals surface area contributed by atoms with Crippen molar-refractivity contribution in [3.8, 4) is 0 Å². The number of carbonyl (C=O) groups excluding carboxylic acids is 1. The van der Waals surface area contributed by atoms with Crippen molar-refractivity contribution >= 4 is 5.91 Å². The maximum absolute atomic E-state index is 12.7. The smallest absolute Gasteiger partial charge is 0.272 e. The van der Waals surface area contributed by atoms with Gasteiger partial charge in [-0.3, -0.25) is 9.48 Å². The Bertz CT molecular complexity index is 648. The summed E-state index contributed by atoms with van der Waals surface area (Å²) >= 11 is 0. The van der Waals surface area contributed by atoms with Crippen LogP contribution in [0.1, 0.15) is 54.8 Å². The van der Waals surface area contributed by atoms with Crippen molar-refractivity contribution in [2.45, 2.75) is 45.6 Å². The second-order valence-corrected chi connectivity index (χ2v) is 5.52. The van der Waals surface area contributed by atoms with Crippen LogP contribution in [0.2, 0.25) is 0 Å². The van der Waals surface area contributed by atoms with E-state index < -0.39 is 0 Å². The largest absolute Gasteiger partial charge is 0.339 e. The quantitative estimate of drug-likeness (QED) is 0.861. The number of aromatic nitrogens is 4. The van der Waals surface area contributed by atoms with E-state index >= 15 is 0 Å². The van der Waals surface area contributed by atoms with E-state index in [4.69, 9.17) is 4.52 Å². The van der Waals surface area contributed by atoms with E-state index in [2.05, 4.69) is 15.2 Å². The minimum absolute atomic E-state index is 0.0271. The molecule has 2 aromatic rings. The first-order valence-corrected chi connectivity index (χ1v) is 7.86. The van der Waals surface area contributed by atoms with Crippen molar-refractivity contribution in [1.82, 2.24) is 24.8 Å². The summed E-state index contributed by atoms with van der Waals surface area (Å²) in [4.78, 5) is 19.0. The molecule has 0 saturated carbocycles. The molecule has 3 heterocycles. The van der Waals surface area contributed by atoms with Crippen LogP contribution in [0.4, 0.5) is 0 Å². The SMILES string of the molecule is CCc1noc([C@@H]2CCCN(C(=O)c3ccnn3CC)C2)n1. The predicted octanol–water partition coefficient (Wildman–Crippen LogP) is 1.87. The fraction of sp³-hybridized carbons (Fsp3) is 0.600. The Labute approximate surface area is 129 Å². The average molecular weight is 303 g/mol. The van der Waals surface area contributed by atoms with Crippen LogP contribution >= 0.6 is 0 Å². The highest BCUT2D eigenvalue weighted by Gasteiger charge is 2.30. The molecule has 0 aliphatic carbocycles. The van der Waals surface area contributed by atoms with Gasteiger partial charge in [-0.1, -0.05) is 12.1 Å². The predicted molar refractivity (Wildman–Crippen MR) is 79.5 cm³/mol. The molecule has 7 heteroatoms. The molecule has 0 bridgehead atoms. The van der Waals surface area contributed by atoms with Gasteiger partial charge in [0, 0.05) is 32.3 Å². The van der Waals surface area contributed by atoms with Crippen molar-refractivity contribution < 1.29 is 9.32 Å². The van der Waals surface area contributed by atoms with E-state index in [9.17, 15) is 4.79 Å². The van der Waals surface area contributed by atoms with Crippen molar-refractivity contribution in [2.75, 3.05) is 13.1 Å². The third-order valence-electron chi connectivity index (χ3n) is 4.09. The van der Waals surface area contributed by atoms with Crippen LogP contribution in [0, 0.1) is 0 Å². The van der Waals surface area contributed by atoms with E-state index in [1.165, 1.54) is 0 Å². The van der Waals surface area contributed by atoms with Crippen molar-refractivity contribution in [3.05, 3.63) is 29.7 Å². The molecule has 1 amide bonds. The van der Waals surface area contributed by atoms with E-state index in [1.807, 2.05) is 18.7 Å². The van der Waals surface area contributed by atoms with Gasteiger partial charge in [-0.2, -0.15) is 10.1 Å². The second-order valence-electron chi connectivity index (χ2n) is 5.52. The van der Waals surface area contributed by atoms with Gasteiger partial charge in [-0.05, 0) is 25.8 Å². The minimum atomic E-state index is 0.0271. The molecule has 1 aliphatic heterocycles. The lowest BCUT2D eigenvalue weighted by Gasteiger charge is -2.31. The van der Waals surface area contributed by atoms with E-state index in [-0.39, 0.29) is 11.8 Å². The molecule has 0 N–H and O–H groups in total. The number of likely N-dealkylation sites (tertiary alicyclic amines) is 1. The van der Waals surface area contributed by atoms with E-state index in [0.29, 0.717) is 24.7 Å². The summed E-state index contributed by atoms with van der Waals surface area (Å²) in [5.74, 6) is 1.53. The second kappa shape index (κ2) is 6.29. The van der Waals surface area contributed by atoms with E-state index in [1.54, 1.807) is 16.9 Å². The fourth-order valence-corrected chi connectivity index (χ4v) is 2.87. The molecule has 0 spiro atoms. The van der Waals surface area contributed by atoms with Crippen LogP contribution in [-0.2, 0) is 13.0 Å². The maximum atomic E-state index is 12.7. The minimum Gasteiger partial charge on any atom is -0.339 e. The zero-order valence-corrected chi connectivity index (χ0v) is 13.0. The molecule has 1 fully saturated rings. The number of amides is 1. The van der Waals surface area contributed by atoms with Gasteiger partial charge in [0.25, 0.3) is 5.91 Å². The van der Waals surface area contributed by atoms with Crippen molar-refractivity contribution in [2.24, 2.45) is 0 Å². The molecule has 22 heavy (non-hydrogen) atoms. The molecule has 1 saturated heterocycles. The van der Waals surface area contributed by atoms with Crippen LogP contribution in [-0.4, -0.2) is 43.8 Å². The highest BCUT2D eigenvalue weighted by atomic mass is 16.5. The zero-order valence-electron chi connectivity index (χ0n) is 13.0. The maximum Gasteiger partial charge on any atom is 0.272 e. The van der Waals surface area contributed by atoms with Gasteiger partial charge < -0.3 is 9.42 Å². The molecule has 0 radical (unpaired) electrons. The van der Waals surface area contributed by atoms with Crippen LogP contribution in [0.3, 0.4) is 0 Å². The molecule has 1 aliphatic rings. The Morgan fingerprint density at radius 3 is 3.05 bits per heavy atom. The molecule has 1 atom stereocenters. The van der Waals surface area contributed by atoms with Gasteiger partial charge in [0.2, 0.25) is 5.89 Å². The molecule has 7 nitrogen and oxygen atoms in total. The van der Waals surface area contributed by atoms with Gasteiger partial charge in [0.1, 0.15) is 5.69 Å². The van der Waals surface area contributed by atoms with Crippen LogP contribution < -0.4 is 0 Å². The Morgan fingerprint density at radius 2 is 2.32 bits per heavy atom. The number of hydrogen-bond donors (Lipinski definition) is 0. The van der Waals surface area contributed by atoms with Crippen LogP contribution in [0.15, 0.2) is 16.8 Å². The number of rotatable bonds is 4. The van der Waals surface area contributed by atoms with Crippen molar-refractivity contribution in [3.63, 3.8) is 0 Å². The molecule has 0 aromatic carbocycles. The summed E-state index contributed by atoms with van der Waals surface area (Å²) in [6, 6.07) is 1.78. The third kappa shape index (κ3) is 2.75. The lowest BCUT2D eigenvalue weighted by Crippen LogP contribution is -2.40. The third-order valence-corrected chi connectivity index (χ3v) is 4.09. The van der Waals surface area contributed by atoms with Gasteiger partial charge >= 0.3 is 0 Å². The Hall–Kier alpha value is -2.18. The number of hydrogen-bond acceptors (Lipinski definition) is 5. The molecule has 2 aromatic heterocycles. The van der Waals surface area contributed by atoms with Gasteiger partial charge in [0.05, 0.1) is 5.92 Å². The molecule has 0 unspecified atom stereocenters. The molecular formula is C15H21N5O2. The number of piperidine rings is 1. The first-order chi connectivity index (χ1) is 10.7.